The number of nitrogens with zero attached hydrogens (tertiary/aromatic N) is 1. The molecule has 1 unspecified atom stereocenters. The second-order valence-electron chi connectivity index (χ2n) is 4.71. The van der Waals surface area contributed by atoms with Crippen LogP contribution in [-0.2, 0) is 0 Å². The molecule has 2 amide bonds. The number of aromatic nitrogens is 1. The van der Waals surface area contributed by atoms with Gasteiger partial charge in [-0.2, -0.15) is 0 Å². The van der Waals surface area contributed by atoms with E-state index in [1.54, 1.807) is 30.3 Å². The molecule has 0 saturated heterocycles. The Balaban J connectivity index is 2.04. The van der Waals surface area contributed by atoms with Gasteiger partial charge < -0.3 is 15.7 Å². The Labute approximate surface area is 138 Å². The Morgan fingerprint density at radius 2 is 2.00 bits per heavy atom. The van der Waals surface area contributed by atoms with Gasteiger partial charge >= 0.3 is 6.03 Å². The number of hydrogen-bond donors (Lipinski definition) is 3. The van der Waals surface area contributed by atoms with Crippen molar-refractivity contribution < 1.29 is 9.90 Å². The number of aliphatic hydroxyl groups excluding tert-OH is 1. The Kier molecular flexibility index (Phi) is 5.60. The molecule has 0 radical (unpaired) electrons. The highest BCUT2D eigenvalue weighted by molar-refractivity contribution is 6.30. The number of aliphatic hydroxyl groups is 1. The first-order valence-corrected chi connectivity index (χ1v) is 7.31. The Hall–Kier alpha value is -1.82. The number of carbonyl (C=O) groups excluding carboxylic acids is 1. The van der Waals surface area contributed by atoms with E-state index < -0.39 is 12.1 Å². The van der Waals surface area contributed by atoms with E-state index in [2.05, 4.69) is 15.6 Å². The first-order chi connectivity index (χ1) is 10.5. The smallest absolute Gasteiger partial charge is 0.319 e. The van der Waals surface area contributed by atoms with Crippen molar-refractivity contribution in [3.8, 4) is 0 Å². The number of rotatable bonds is 4. The molecule has 116 valence electrons. The minimum Gasteiger partial charge on any atom is -0.394 e. The molecular weight excluding hydrogens is 325 g/mol. The van der Waals surface area contributed by atoms with E-state index >= 15 is 0 Å². The van der Waals surface area contributed by atoms with Crippen LogP contribution in [0.4, 0.5) is 10.5 Å². The highest BCUT2D eigenvalue weighted by Gasteiger charge is 2.14. The minimum atomic E-state index is -0.530. The van der Waals surface area contributed by atoms with E-state index in [0.29, 0.717) is 15.9 Å². The second-order valence-corrected chi connectivity index (χ2v) is 5.53. The van der Waals surface area contributed by atoms with Crippen LogP contribution >= 0.6 is 23.2 Å². The molecule has 2 rings (SSSR count). The molecule has 1 atom stereocenters. The van der Waals surface area contributed by atoms with Crippen molar-refractivity contribution in [2.75, 3.05) is 11.9 Å². The first kappa shape index (κ1) is 16.5. The number of hydrogen-bond acceptors (Lipinski definition) is 3. The van der Waals surface area contributed by atoms with Crippen LogP contribution in [0.3, 0.4) is 0 Å². The molecule has 0 bridgehead atoms. The Morgan fingerprint density at radius 3 is 2.59 bits per heavy atom. The van der Waals surface area contributed by atoms with Crippen LogP contribution in [0, 0.1) is 6.92 Å². The number of aryl methyl sites for hydroxylation is 1. The molecule has 7 heteroatoms. The first-order valence-electron chi connectivity index (χ1n) is 6.55. The van der Waals surface area contributed by atoms with Gasteiger partial charge in [-0.25, -0.2) is 9.78 Å². The van der Waals surface area contributed by atoms with Gasteiger partial charge in [0.1, 0.15) is 5.15 Å². The van der Waals surface area contributed by atoms with Crippen molar-refractivity contribution in [3.05, 3.63) is 57.8 Å². The number of amides is 2. The number of halogens is 2. The lowest BCUT2D eigenvalue weighted by atomic mass is 10.1. The minimum absolute atomic E-state index is 0.229. The third-order valence-corrected chi connectivity index (χ3v) is 3.54. The summed E-state index contributed by atoms with van der Waals surface area (Å²) < 4.78 is 0. The molecule has 0 aliphatic heterocycles. The van der Waals surface area contributed by atoms with Crippen molar-refractivity contribution in [2.24, 2.45) is 0 Å². The number of benzene rings is 1. The fourth-order valence-electron chi connectivity index (χ4n) is 1.90. The lowest BCUT2D eigenvalue weighted by Gasteiger charge is -2.18. The van der Waals surface area contributed by atoms with E-state index in [9.17, 15) is 9.90 Å². The summed E-state index contributed by atoms with van der Waals surface area (Å²) in [6.07, 6.45) is 1.48. The molecule has 0 fully saturated rings. The van der Waals surface area contributed by atoms with Gasteiger partial charge in [-0.15, -0.1) is 0 Å². The van der Waals surface area contributed by atoms with Gasteiger partial charge in [0.2, 0.25) is 0 Å². The molecule has 0 aliphatic rings. The van der Waals surface area contributed by atoms with Crippen LogP contribution in [0.5, 0.6) is 0 Å². The van der Waals surface area contributed by atoms with Crippen molar-refractivity contribution >= 4 is 34.9 Å². The number of nitrogens with one attached hydrogen (secondary N) is 2. The summed E-state index contributed by atoms with van der Waals surface area (Å²) in [5.74, 6) is 0. The van der Waals surface area contributed by atoms with Gasteiger partial charge in [-0.05, 0) is 36.2 Å². The van der Waals surface area contributed by atoms with E-state index in [1.165, 1.54) is 6.20 Å². The zero-order chi connectivity index (χ0) is 16.1. The number of carbonyl (C=O) groups is 1. The fraction of sp³-hybridized carbons (Fsp3) is 0.200. The molecule has 0 aliphatic carbocycles. The zero-order valence-corrected chi connectivity index (χ0v) is 13.3. The topological polar surface area (TPSA) is 74.2 Å². The van der Waals surface area contributed by atoms with Gasteiger partial charge in [0.25, 0.3) is 0 Å². The van der Waals surface area contributed by atoms with Crippen LogP contribution < -0.4 is 10.6 Å². The summed E-state index contributed by atoms with van der Waals surface area (Å²) >= 11 is 11.6. The van der Waals surface area contributed by atoms with Gasteiger partial charge in [-0.1, -0.05) is 35.3 Å². The molecule has 1 aromatic heterocycles. The lowest BCUT2D eigenvalue weighted by molar-refractivity contribution is 0.225. The summed E-state index contributed by atoms with van der Waals surface area (Å²) in [5.41, 5.74) is 2.10. The fourth-order valence-corrected chi connectivity index (χ4v) is 2.24. The second kappa shape index (κ2) is 7.45. The van der Waals surface area contributed by atoms with Crippen LogP contribution in [-0.4, -0.2) is 22.7 Å². The van der Waals surface area contributed by atoms with Crippen molar-refractivity contribution in [1.29, 1.82) is 0 Å². The monoisotopic (exact) mass is 339 g/mol. The van der Waals surface area contributed by atoms with Gasteiger partial charge in [0, 0.05) is 5.02 Å². The average molecular weight is 340 g/mol. The third-order valence-electron chi connectivity index (χ3n) is 3.09. The quantitative estimate of drug-likeness (QED) is 0.745. The summed E-state index contributed by atoms with van der Waals surface area (Å²) in [7, 11) is 0. The summed E-state index contributed by atoms with van der Waals surface area (Å²) in [5, 5.41) is 15.8. The molecule has 22 heavy (non-hydrogen) atoms. The van der Waals surface area contributed by atoms with Crippen molar-refractivity contribution in [3.63, 3.8) is 0 Å². The van der Waals surface area contributed by atoms with Crippen LogP contribution in [0.2, 0.25) is 10.2 Å². The van der Waals surface area contributed by atoms with Gasteiger partial charge in [-0.3, -0.25) is 0 Å². The Morgan fingerprint density at radius 1 is 1.32 bits per heavy atom. The van der Waals surface area contributed by atoms with Crippen molar-refractivity contribution in [1.82, 2.24) is 10.3 Å². The largest absolute Gasteiger partial charge is 0.394 e. The average Bonchev–Trinajstić information content (AvgIpc) is 2.49. The normalized spacial score (nSPS) is 11.8. The molecule has 0 saturated carbocycles. The molecule has 3 N–H and O–H groups in total. The molecular formula is C15H15Cl2N3O2. The lowest BCUT2D eigenvalue weighted by Crippen LogP contribution is -2.34. The van der Waals surface area contributed by atoms with E-state index in [1.807, 2.05) is 6.92 Å². The maximum atomic E-state index is 12.0. The summed E-state index contributed by atoms with van der Waals surface area (Å²) in [6.45, 7) is 1.58. The third kappa shape index (κ3) is 4.34. The highest BCUT2D eigenvalue weighted by atomic mass is 35.5. The molecule has 0 spiro atoms. The maximum absolute atomic E-state index is 12.0. The predicted molar refractivity (Wildman–Crippen MR) is 87.4 cm³/mol. The number of pyridine rings is 1. The molecule has 5 nitrogen and oxygen atoms in total. The van der Waals surface area contributed by atoms with E-state index in [0.717, 1.165) is 11.1 Å². The molecule has 1 aromatic carbocycles. The van der Waals surface area contributed by atoms with Crippen LogP contribution in [0.25, 0.3) is 0 Å². The van der Waals surface area contributed by atoms with E-state index in [4.69, 9.17) is 23.2 Å². The van der Waals surface area contributed by atoms with E-state index in [-0.39, 0.29) is 6.61 Å². The zero-order valence-electron chi connectivity index (χ0n) is 11.8. The maximum Gasteiger partial charge on any atom is 0.319 e. The van der Waals surface area contributed by atoms with Gasteiger partial charge in [0.15, 0.2) is 0 Å². The summed E-state index contributed by atoms with van der Waals surface area (Å²) in [4.78, 5) is 16.0. The molecule has 2 aromatic rings. The Bertz CT molecular complexity index is 662. The van der Waals surface area contributed by atoms with Crippen LogP contribution in [0.1, 0.15) is 17.2 Å². The standard InChI is InChI=1S/C15H15Cl2N3O2/c1-9-6-14(17)18-7-12(9)19-15(22)20-13(8-21)10-2-4-11(16)5-3-10/h2-7,13,21H,8H2,1H3,(H2,19,20,22). The predicted octanol–water partition coefficient (Wildman–Crippen LogP) is 3.55. The summed E-state index contributed by atoms with van der Waals surface area (Å²) in [6, 6.07) is 7.58. The van der Waals surface area contributed by atoms with Crippen LogP contribution in [0.15, 0.2) is 36.5 Å². The highest BCUT2D eigenvalue weighted by Crippen LogP contribution is 2.18. The molecule has 1 heterocycles. The van der Waals surface area contributed by atoms with Gasteiger partial charge in [0.05, 0.1) is 24.5 Å². The van der Waals surface area contributed by atoms with Crippen molar-refractivity contribution in [2.45, 2.75) is 13.0 Å². The SMILES string of the molecule is Cc1cc(Cl)ncc1NC(=O)NC(CO)c1ccc(Cl)cc1. The number of urea groups is 1. The number of anilines is 1.